The molecule has 0 fully saturated rings. The largest absolute Gasteiger partial charge is 0.296 e. The molecule has 0 atom stereocenters. The summed E-state index contributed by atoms with van der Waals surface area (Å²) in [4.78, 5) is 15.1. The van der Waals surface area contributed by atoms with Gasteiger partial charge in [-0.05, 0) is 29.5 Å². The van der Waals surface area contributed by atoms with Crippen LogP contribution in [0.25, 0.3) is 0 Å². The van der Waals surface area contributed by atoms with Gasteiger partial charge in [0, 0.05) is 4.88 Å². The maximum atomic E-state index is 10.2. The highest BCUT2D eigenvalue weighted by atomic mass is 127. The number of hydrogen-bond donors (Lipinski definition) is 0. The first-order valence-electron chi connectivity index (χ1n) is 2.32. The van der Waals surface area contributed by atoms with Crippen molar-refractivity contribution >= 4 is 40.2 Å². The zero-order valence-corrected chi connectivity index (χ0v) is 7.69. The number of hydrogen-bond acceptors (Lipinski definition) is 3. The van der Waals surface area contributed by atoms with E-state index in [1.54, 1.807) is 0 Å². The van der Waals surface area contributed by atoms with E-state index < -0.39 is 0 Å². The molecule has 0 aromatic carbocycles. The third-order valence-corrected chi connectivity index (χ3v) is 2.59. The van der Waals surface area contributed by atoms with E-state index in [0.717, 1.165) is 14.2 Å². The zero-order chi connectivity index (χ0) is 6.85. The Labute approximate surface area is 70.4 Å². The van der Waals surface area contributed by atoms with Crippen molar-refractivity contribution in [2.45, 2.75) is 6.92 Å². The summed E-state index contributed by atoms with van der Waals surface area (Å²) in [6, 6.07) is 0. The molecule has 0 saturated heterocycles. The molecule has 48 valence electrons. The van der Waals surface area contributed by atoms with Crippen LogP contribution in [-0.2, 0) is 0 Å². The van der Waals surface area contributed by atoms with Gasteiger partial charge in [-0.2, -0.15) is 0 Å². The molecule has 0 saturated carbocycles. The molecular formula is C5H4INOS. The number of carbonyl (C=O) groups excluding carboxylic acids is 1. The van der Waals surface area contributed by atoms with Gasteiger partial charge < -0.3 is 0 Å². The highest BCUT2D eigenvalue weighted by molar-refractivity contribution is 14.1. The summed E-state index contributed by atoms with van der Waals surface area (Å²) < 4.78 is 0.923. The maximum absolute atomic E-state index is 10.2. The molecule has 0 unspecified atom stereocenters. The lowest BCUT2D eigenvalue weighted by Gasteiger charge is -1.76. The zero-order valence-electron chi connectivity index (χ0n) is 4.72. The highest BCUT2D eigenvalue weighted by Crippen LogP contribution is 2.16. The number of carbonyl (C=O) groups is 1. The predicted molar refractivity (Wildman–Crippen MR) is 45.0 cm³/mol. The van der Waals surface area contributed by atoms with Crippen LogP contribution in [0.2, 0.25) is 0 Å². The first kappa shape index (κ1) is 7.14. The fourth-order valence-electron chi connectivity index (χ4n) is 0.484. The summed E-state index contributed by atoms with van der Waals surface area (Å²) in [5.41, 5.74) is 0.574. The first-order valence-corrected chi connectivity index (χ1v) is 4.21. The summed E-state index contributed by atoms with van der Waals surface area (Å²) in [5, 5.41) is 0. The van der Waals surface area contributed by atoms with E-state index in [1.807, 2.05) is 6.92 Å². The molecule has 0 spiro atoms. The second-order valence-electron chi connectivity index (χ2n) is 1.53. The normalized spacial score (nSPS) is 9.56. The van der Waals surface area contributed by atoms with Gasteiger partial charge >= 0.3 is 0 Å². The van der Waals surface area contributed by atoms with Crippen molar-refractivity contribution < 1.29 is 4.79 Å². The standard InChI is InChI=1S/C5H4INOS/c1-3-4(2-8)7-5(6)9-3/h2H,1H3. The number of halogens is 1. The van der Waals surface area contributed by atoms with E-state index in [9.17, 15) is 4.79 Å². The van der Waals surface area contributed by atoms with E-state index in [2.05, 4.69) is 27.6 Å². The number of rotatable bonds is 1. The second-order valence-corrected chi connectivity index (χ2v) is 4.48. The van der Waals surface area contributed by atoms with Gasteiger partial charge in [-0.15, -0.1) is 11.3 Å². The van der Waals surface area contributed by atoms with Gasteiger partial charge in [-0.3, -0.25) is 4.79 Å². The van der Waals surface area contributed by atoms with Crippen LogP contribution in [0.3, 0.4) is 0 Å². The molecule has 0 aliphatic heterocycles. The summed E-state index contributed by atoms with van der Waals surface area (Å²) in [6.45, 7) is 1.89. The topological polar surface area (TPSA) is 30.0 Å². The van der Waals surface area contributed by atoms with Crippen molar-refractivity contribution in [3.63, 3.8) is 0 Å². The third kappa shape index (κ3) is 1.48. The molecule has 0 amide bonds. The maximum Gasteiger partial charge on any atom is 0.169 e. The number of aromatic nitrogens is 1. The average molecular weight is 253 g/mol. The molecule has 0 aliphatic carbocycles. The number of nitrogens with zero attached hydrogens (tertiary/aromatic N) is 1. The van der Waals surface area contributed by atoms with Crippen molar-refractivity contribution in [2.24, 2.45) is 0 Å². The van der Waals surface area contributed by atoms with Gasteiger partial charge in [0.1, 0.15) is 5.69 Å². The third-order valence-electron chi connectivity index (χ3n) is 0.918. The van der Waals surface area contributed by atoms with Crippen molar-refractivity contribution in [3.05, 3.63) is 13.6 Å². The van der Waals surface area contributed by atoms with E-state index in [-0.39, 0.29) is 0 Å². The molecule has 1 heterocycles. The van der Waals surface area contributed by atoms with Crippen LogP contribution < -0.4 is 0 Å². The van der Waals surface area contributed by atoms with Crippen LogP contribution in [0.1, 0.15) is 15.4 Å². The van der Waals surface area contributed by atoms with Crippen LogP contribution in [0.4, 0.5) is 0 Å². The molecule has 1 aromatic heterocycles. The fourth-order valence-corrected chi connectivity index (χ4v) is 2.33. The van der Waals surface area contributed by atoms with E-state index in [4.69, 9.17) is 0 Å². The van der Waals surface area contributed by atoms with Gasteiger partial charge in [0.05, 0.1) is 0 Å². The van der Waals surface area contributed by atoms with Crippen molar-refractivity contribution in [3.8, 4) is 0 Å². The van der Waals surface area contributed by atoms with Crippen molar-refractivity contribution in [1.29, 1.82) is 0 Å². The lowest BCUT2D eigenvalue weighted by Crippen LogP contribution is -1.80. The van der Waals surface area contributed by atoms with E-state index in [1.165, 1.54) is 11.3 Å². The van der Waals surface area contributed by atoms with Gasteiger partial charge in [0.15, 0.2) is 9.30 Å². The monoisotopic (exact) mass is 253 g/mol. The SMILES string of the molecule is Cc1sc(I)nc1C=O. The summed E-state index contributed by atoms with van der Waals surface area (Å²) in [6.07, 6.45) is 0.786. The Bertz CT molecular complexity index is 233. The van der Waals surface area contributed by atoms with Crippen LogP contribution >= 0.6 is 33.9 Å². The molecule has 0 aliphatic rings. The van der Waals surface area contributed by atoms with Gasteiger partial charge in [0.2, 0.25) is 0 Å². The van der Waals surface area contributed by atoms with Crippen molar-refractivity contribution in [2.75, 3.05) is 0 Å². The van der Waals surface area contributed by atoms with Gasteiger partial charge in [-0.1, -0.05) is 0 Å². The van der Waals surface area contributed by atoms with Crippen LogP contribution in [-0.4, -0.2) is 11.3 Å². The smallest absolute Gasteiger partial charge is 0.169 e. The average Bonchev–Trinajstić information content (AvgIpc) is 2.10. The Morgan fingerprint density at radius 3 is 2.67 bits per heavy atom. The van der Waals surface area contributed by atoms with Crippen LogP contribution in [0.15, 0.2) is 0 Å². The minimum atomic E-state index is 0.574. The molecule has 4 heteroatoms. The Morgan fingerprint density at radius 2 is 2.44 bits per heavy atom. The molecule has 1 rings (SSSR count). The number of aldehydes is 1. The van der Waals surface area contributed by atoms with Crippen LogP contribution in [0, 0.1) is 9.94 Å². The lowest BCUT2D eigenvalue weighted by molar-refractivity contribution is 0.111. The Kier molecular flexibility index (Phi) is 2.18. The summed E-state index contributed by atoms with van der Waals surface area (Å²) in [7, 11) is 0. The minimum absolute atomic E-state index is 0.574. The molecule has 1 aromatic rings. The summed E-state index contributed by atoms with van der Waals surface area (Å²) in [5.74, 6) is 0. The predicted octanol–water partition coefficient (Wildman–Crippen LogP) is 1.87. The second kappa shape index (κ2) is 2.74. The first-order chi connectivity index (χ1) is 4.24. The molecule has 0 N–H and O–H groups in total. The Morgan fingerprint density at radius 1 is 1.78 bits per heavy atom. The minimum Gasteiger partial charge on any atom is -0.296 e. The molecule has 2 nitrogen and oxygen atoms in total. The lowest BCUT2D eigenvalue weighted by atomic mass is 10.4. The van der Waals surface area contributed by atoms with Crippen LogP contribution in [0.5, 0.6) is 0 Å². The Hall–Kier alpha value is 0.0300. The quantitative estimate of drug-likeness (QED) is 0.565. The highest BCUT2D eigenvalue weighted by Gasteiger charge is 2.01. The van der Waals surface area contributed by atoms with E-state index in [0.29, 0.717) is 5.69 Å². The molecule has 0 bridgehead atoms. The van der Waals surface area contributed by atoms with Crippen molar-refractivity contribution in [1.82, 2.24) is 4.98 Å². The molecule has 0 radical (unpaired) electrons. The number of aryl methyl sites for hydroxylation is 1. The Balaban J connectivity index is 3.15. The van der Waals surface area contributed by atoms with E-state index >= 15 is 0 Å². The molecule has 9 heavy (non-hydrogen) atoms. The molecular weight excluding hydrogens is 249 g/mol. The fraction of sp³-hybridized carbons (Fsp3) is 0.200. The van der Waals surface area contributed by atoms with Gasteiger partial charge in [0.25, 0.3) is 0 Å². The summed E-state index contributed by atoms with van der Waals surface area (Å²) >= 11 is 3.64. The van der Waals surface area contributed by atoms with Gasteiger partial charge in [-0.25, -0.2) is 4.98 Å². The number of thiazole rings is 1.